The van der Waals surface area contributed by atoms with Gasteiger partial charge < -0.3 is 14.0 Å². The number of para-hydroxylation sites is 2. The van der Waals surface area contributed by atoms with Gasteiger partial charge in [-0.2, -0.15) is 28.9 Å². The summed E-state index contributed by atoms with van der Waals surface area (Å²) in [5, 5.41) is 7.52. The molecule has 0 atom stereocenters. The topological polar surface area (TPSA) is 42.8 Å². The van der Waals surface area contributed by atoms with Crippen molar-refractivity contribution in [2.75, 3.05) is 4.90 Å². The standard InChI is InChI=1S/C55H52N6.Pt/c1-53(2,3)39-29-30-56-51(34-39)61-49-26-17-16-25-47(49)48-28-27-45(36-50(48)61)60(42-21-14-11-15-22-42)44-24-18-23-43(35-44)59-37-58(52(57-59)38-19-12-10-13-20-38)46-32-40(54(4,5)6)31-41(33-46)55(7,8)9;/h10-34H,1-9H3;/q-2;. The van der Waals surface area contributed by atoms with Crippen molar-refractivity contribution >= 4 is 38.9 Å². The fraction of sp³-hybridized carbons (Fsp3) is 0.218. The number of fused-ring (bicyclic) bond motifs is 3. The van der Waals surface area contributed by atoms with Gasteiger partial charge in [0.15, 0.2) is 0 Å². The van der Waals surface area contributed by atoms with Gasteiger partial charge in [-0.1, -0.05) is 164 Å². The molecule has 6 aromatic carbocycles. The molecule has 0 saturated carbocycles. The molecule has 0 bridgehead atoms. The average molecular weight is 992 g/mol. The van der Waals surface area contributed by atoms with E-state index in [4.69, 9.17) is 10.1 Å². The summed E-state index contributed by atoms with van der Waals surface area (Å²) in [6.45, 7) is 20.3. The van der Waals surface area contributed by atoms with Gasteiger partial charge in [0.2, 0.25) is 12.2 Å². The molecule has 0 unspecified atom stereocenters. The van der Waals surface area contributed by atoms with Crippen LogP contribution in [-0.4, -0.2) is 19.3 Å². The summed E-state index contributed by atoms with van der Waals surface area (Å²) < 4.78 is 6.17. The molecule has 7 heteroatoms. The Morgan fingerprint density at radius 1 is 0.565 bits per heavy atom. The fourth-order valence-corrected chi connectivity index (χ4v) is 7.91. The molecule has 3 heterocycles. The molecule has 0 N–H and O–H groups in total. The van der Waals surface area contributed by atoms with Crippen LogP contribution in [0.2, 0.25) is 0 Å². The Morgan fingerprint density at radius 2 is 1.19 bits per heavy atom. The van der Waals surface area contributed by atoms with E-state index < -0.39 is 0 Å². The molecule has 62 heavy (non-hydrogen) atoms. The Labute approximate surface area is 380 Å². The van der Waals surface area contributed by atoms with E-state index in [1.165, 1.54) is 16.7 Å². The minimum Gasteiger partial charge on any atom is -0.359 e. The quantitative estimate of drug-likeness (QED) is 0.118. The molecule has 9 rings (SSSR count). The van der Waals surface area contributed by atoms with Crippen LogP contribution < -0.4 is 9.47 Å². The second kappa shape index (κ2) is 16.3. The zero-order chi connectivity index (χ0) is 42.7. The number of anilines is 3. The van der Waals surface area contributed by atoms with Crippen LogP contribution in [0.3, 0.4) is 0 Å². The Morgan fingerprint density at radius 3 is 1.87 bits per heavy atom. The number of nitrogens with zero attached hydrogens (tertiary/aromatic N) is 6. The third-order valence-electron chi connectivity index (χ3n) is 11.4. The van der Waals surface area contributed by atoms with Crippen LogP contribution >= 0.6 is 0 Å². The maximum absolute atomic E-state index is 5.25. The van der Waals surface area contributed by atoms with Crippen LogP contribution in [0.25, 0.3) is 50.4 Å². The Hall–Kier alpha value is -6.10. The van der Waals surface area contributed by atoms with Gasteiger partial charge in [-0.05, 0) is 79.4 Å². The zero-order valence-corrected chi connectivity index (χ0v) is 39.2. The molecule has 0 aliphatic carbocycles. The number of hydrogen-bond donors (Lipinski definition) is 0. The third kappa shape index (κ3) is 8.17. The van der Waals surface area contributed by atoms with Crippen molar-refractivity contribution in [3.05, 3.63) is 187 Å². The zero-order valence-electron chi connectivity index (χ0n) is 36.9. The predicted octanol–water partition coefficient (Wildman–Crippen LogP) is 13.1. The second-order valence-corrected chi connectivity index (χ2v) is 19.0. The van der Waals surface area contributed by atoms with Crippen molar-refractivity contribution in [2.24, 2.45) is 0 Å². The summed E-state index contributed by atoms with van der Waals surface area (Å²) in [6, 6.07) is 58.7. The van der Waals surface area contributed by atoms with Crippen molar-refractivity contribution in [2.45, 2.75) is 78.6 Å². The van der Waals surface area contributed by atoms with Crippen molar-refractivity contribution in [3.8, 4) is 28.6 Å². The molecule has 0 aliphatic heterocycles. The minimum absolute atomic E-state index is 0. The van der Waals surface area contributed by atoms with E-state index in [1.54, 1.807) is 0 Å². The summed E-state index contributed by atoms with van der Waals surface area (Å²) in [6.07, 6.45) is 5.57. The van der Waals surface area contributed by atoms with E-state index in [0.29, 0.717) is 0 Å². The molecule has 0 fully saturated rings. The molecule has 0 amide bonds. The number of hydrogen-bond acceptors (Lipinski definition) is 3. The van der Waals surface area contributed by atoms with Gasteiger partial charge in [-0.25, -0.2) is 4.98 Å². The SMILES string of the molecule is CC(C)(C)c1cc(-[n+]2[c-]n(-c3[c-]c(N(c4[c-]c5c(cc4)c4ccccc4n5-c4cc(C(C)(C)C)ccn4)c4ccccc4)ccc3)nc2-c2ccccc2)cc(C(C)(C)C)c1.[Pt]. The van der Waals surface area contributed by atoms with E-state index >= 15 is 0 Å². The minimum atomic E-state index is -0.0517. The normalized spacial score (nSPS) is 12.1. The van der Waals surface area contributed by atoms with Crippen molar-refractivity contribution in [1.29, 1.82) is 0 Å². The molecular weight excluding hydrogens is 940 g/mol. The molecule has 6 nitrogen and oxygen atoms in total. The first-order valence-electron chi connectivity index (χ1n) is 21.1. The summed E-state index contributed by atoms with van der Waals surface area (Å²) in [7, 11) is 0. The number of benzene rings is 6. The average Bonchev–Trinajstić information content (AvgIpc) is 3.84. The van der Waals surface area contributed by atoms with Gasteiger partial charge >= 0.3 is 0 Å². The molecule has 0 saturated heterocycles. The molecule has 314 valence electrons. The number of pyridine rings is 1. The van der Waals surface area contributed by atoms with Gasteiger partial charge in [0.1, 0.15) is 5.82 Å². The molecule has 0 spiro atoms. The molecule has 0 radical (unpaired) electrons. The maximum atomic E-state index is 5.25. The first-order valence-corrected chi connectivity index (χ1v) is 21.1. The molecule has 3 aromatic heterocycles. The van der Waals surface area contributed by atoms with Crippen LogP contribution in [-0.2, 0) is 37.3 Å². The van der Waals surface area contributed by atoms with E-state index in [1.807, 2.05) is 29.1 Å². The Balaban J connectivity index is 0.00000529. The third-order valence-corrected chi connectivity index (χ3v) is 11.4. The van der Waals surface area contributed by atoms with Crippen LogP contribution in [0.4, 0.5) is 17.1 Å². The first-order chi connectivity index (χ1) is 29.1. The van der Waals surface area contributed by atoms with Crippen LogP contribution in [0.15, 0.2) is 152 Å². The smallest absolute Gasteiger partial charge is 0.231 e. The summed E-state index contributed by atoms with van der Waals surface area (Å²) in [4.78, 5) is 7.14. The molecule has 9 aromatic rings. The number of aromatic nitrogens is 5. The van der Waals surface area contributed by atoms with Gasteiger partial charge in [-0.15, -0.1) is 23.6 Å². The van der Waals surface area contributed by atoms with Gasteiger partial charge in [0, 0.05) is 49.7 Å². The van der Waals surface area contributed by atoms with E-state index in [0.717, 1.165) is 67.4 Å². The fourth-order valence-electron chi connectivity index (χ4n) is 7.91. The summed E-state index contributed by atoms with van der Waals surface area (Å²) in [5.41, 5.74) is 11.1. The molecule has 0 aliphatic rings. The monoisotopic (exact) mass is 991 g/mol. The maximum Gasteiger partial charge on any atom is 0.231 e. The van der Waals surface area contributed by atoms with E-state index in [2.05, 4.69) is 222 Å². The number of rotatable bonds is 7. The summed E-state index contributed by atoms with van der Waals surface area (Å²) >= 11 is 0. The van der Waals surface area contributed by atoms with Gasteiger partial charge in [0.25, 0.3) is 0 Å². The van der Waals surface area contributed by atoms with Crippen molar-refractivity contribution < 1.29 is 25.6 Å². The van der Waals surface area contributed by atoms with Gasteiger partial charge in [0.05, 0.1) is 0 Å². The molecular formula is C55H52N6Pt-2. The van der Waals surface area contributed by atoms with Gasteiger partial charge in [-0.3, -0.25) is 0 Å². The van der Waals surface area contributed by atoms with Crippen molar-refractivity contribution in [3.63, 3.8) is 0 Å². The van der Waals surface area contributed by atoms with Crippen molar-refractivity contribution in [1.82, 2.24) is 19.3 Å². The largest absolute Gasteiger partial charge is 0.359 e. The van der Waals surface area contributed by atoms with E-state index in [9.17, 15) is 0 Å². The predicted molar refractivity (Wildman–Crippen MR) is 250 cm³/mol. The first kappa shape index (κ1) is 42.6. The van der Waals surface area contributed by atoms with E-state index in [-0.39, 0.29) is 37.3 Å². The summed E-state index contributed by atoms with van der Waals surface area (Å²) in [5.74, 6) is 1.66. The second-order valence-electron chi connectivity index (χ2n) is 19.0. The van der Waals surface area contributed by atoms with Crippen LogP contribution in [0, 0.1) is 18.5 Å². The van der Waals surface area contributed by atoms with Crippen LogP contribution in [0.5, 0.6) is 0 Å². The Kier molecular flexibility index (Phi) is 11.2. The van der Waals surface area contributed by atoms with Crippen LogP contribution in [0.1, 0.15) is 79.0 Å². The Bertz CT molecular complexity index is 3000.